The summed E-state index contributed by atoms with van der Waals surface area (Å²) in [6.45, 7) is 4.04. The average molecular weight is 472 g/mol. The molecule has 0 radical (unpaired) electrons. The Bertz CT molecular complexity index is 1380. The molecule has 0 saturated carbocycles. The van der Waals surface area contributed by atoms with Gasteiger partial charge in [0.2, 0.25) is 11.7 Å². The van der Waals surface area contributed by atoms with Crippen LogP contribution in [0.4, 0.5) is 4.39 Å². The van der Waals surface area contributed by atoms with Crippen LogP contribution in [0.5, 0.6) is 0 Å². The molecule has 0 bridgehead atoms. The summed E-state index contributed by atoms with van der Waals surface area (Å²) in [5, 5.41) is 9.64. The van der Waals surface area contributed by atoms with Crippen LogP contribution in [0.25, 0.3) is 16.7 Å². The van der Waals surface area contributed by atoms with Gasteiger partial charge in [-0.25, -0.2) is 4.39 Å². The lowest BCUT2D eigenvalue weighted by Crippen LogP contribution is -2.28. The fourth-order valence-corrected chi connectivity index (χ4v) is 4.47. The number of rotatable bonds is 7. The van der Waals surface area contributed by atoms with Gasteiger partial charge in [-0.2, -0.15) is 0 Å². The first-order chi connectivity index (χ1) is 15.4. The van der Waals surface area contributed by atoms with Crippen LogP contribution < -0.4 is 5.56 Å². The summed E-state index contributed by atoms with van der Waals surface area (Å²) in [7, 11) is 1.59. The topological polar surface area (TPSA) is 72.5 Å². The second-order valence-corrected chi connectivity index (χ2v) is 8.43. The maximum atomic E-state index is 14.1. The van der Waals surface area contributed by atoms with E-state index in [-0.39, 0.29) is 40.9 Å². The Morgan fingerprint density at radius 1 is 1.25 bits per heavy atom. The molecule has 7 nitrogen and oxygen atoms in total. The van der Waals surface area contributed by atoms with Crippen molar-refractivity contribution in [2.75, 3.05) is 12.8 Å². The molecule has 164 valence electrons. The lowest BCUT2D eigenvalue weighted by atomic mass is 10.2. The zero-order valence-electron chi connectivity index (χ0n) is 17.2. The van der Waals surface area contributed by atoms with E-state index in [1.54, 1.807) is 35.7 Å². The predicted molar refractivity (Wildman–Crippen MR) is 124 cm³/mol. The number of hydrogen-bond donors (Lipinski definition) is 0. The van der Waals surface area contributed by atoms with Gasteiger partial charge < -0.3 is 4.90 Å². The first kappa shape index (κ1) is 22.0. The third kappa shape index (κ3) is 4.01. The molecule has 1 amide bonds. The molecule has 0 spiro atoms. The molecule has 0 saturated heterocycles. The Hall–Kier alpha value is -3.17. The van der Waals surface area contributed by atoms with Crippen LogP contribution in [0.15, 0.2) is 65.1 Å². The van der Waals surface area contributed by atoms with Gasteiger partial charge in [0.25, 0.3) is 5.56 Å². The van der Waals surface area contributed by atoms with E-state index in [1.807, 2.05) is 12.1 Å². The monoisotopic (exact) mass is 471 g/mol. The summed E-state index contributed by atoms with van der Waals surface area (Å²) >= 11 is 7.26. The van der Waals surface area contributed by atoms with Crippen molar-refractivity contribution < 1.29 is 9.18 Å². The van der Waals surface area contributed by atoms with Crippen LogP contribution in [-0.2, 0) is 17.9 Å². The van der Waals surface area contributed by atoms with Crippen molar-refractivity contribution in [3.8, 4) is 0 Å². The van der Waals surface area contributed by atoms with Gasteiger partial charge in [-0.1, -0.05) is 47.6 Å². The van der Waals surface area contributed by atoms with Gasteiger partial charge >= 0.3 is 0 Å². The normalized spacial score (nSPS) is 11.2. The SMILES string of the molecule is C=CCn1c(=O)c2ccccc2n2c(SCC(=O)N(C)Cc3c(F)cccc3Cl)nnc12. The number of hydrogen-bond acceptors (Lipinski definition) is 5. The standard InChI is InChI=1S/C22H19ClFN5O2S/c1-3-11-28-20(31)14-7-4-5-10-18(14)29-21(28)25-26-22(29)32-13-19(30)27(2)12-15-16(23)8-6-9-17(15)24/h3-10H,1,11-13H2,2H3. The fraction of sp³-hybridized carbons (Fsp3) is 0.182. The Morgan fingerprint density at radius 3 is 2.78 bits per heavy atom. The number of amides is 1. The van der Waals surface area contributed by atoms with E-state index in [4.69, 9.17) is 11.6 Å². The number of allylic oxidation sites excluding steroid dienone is 1. The molecule has 2 aromatic carbocycles. The van der Waals surface area contributed by atoms with Crippen molar-refractivity contribution in [3.63, 3.8) is 0 Å². The minimum atomic E-state index is -0.458. The van der Waals surface area contributed by atoms with Gasteiger partial charge in [-0.15, -0.1) is 16.8 Å². The first-order valence-electron chi connectivity index (χ1n) is 9.69. The average Bonchev–Trinajstić information content (AvgIpc) is 3.21. The molecule has 0 fully saturated rings. The zero-order chi connectivity index (χ0) is 22.8. The lowest BCUT2D eigenvalue weighted by molar-refractivity contribution is -0.127. The molecule has 4 aromatic rings. The Morgan fingerprint density at radius 2 is 2.03 bits per heavy atom. The van der Waals surface area contributed by atoms with Crippen molar-refractivity contribution in [2.24, 2.45) is 0 Å². The fourth-order valence-electron chi connectivity index (χ4n) is 3.37. The Balaban J connectivity index is 1.62. The lowest BCUT2D eigenvalue weighted by Gasteiger charge is -2.18. The van der Waals surface area contributed by atoms with Crippen molar-refractivity contribution in [1.82, 2.24) is 24.1 Å². The predicted octanol–water partition coefficient (Wildman–Crippen LogP) is 3.77. The molecule has 2 heterocycles. The number of benzene rings is 2. The van der Waals surface area contributed by atoms with Crippen molar-refractivity contribution in [3.05, 3.63) is 81.9 Å². The molecule has 10 heteroatoms. The van der Waals surface area contributed by atoms with E-state index >= 15 is 0 Å². The molecule has 4 rings (SSSR count). The van der Waals surface area contributed by atoms with Crippen LogP contribution >= 0.6 is 23.4 Å². The van der Waals surface area contributed by atoms with Crippen LogP contribution in [0, 0.1) is 5.82 Å². The molecular weight excluding hydrogens is 453 g/mol. The summed E-state index contributed by atoms with van der Waals surface area (Å²) in [6, 6.07) is 11.6. The minimum absolute atomic E-state index is 0.0489. The highest BCUT2D eigenvalue weighted by Crippen LogP contribution is 2.23. The van der Waals surface area contributed by atoms with Crippen LogP contribution in [0.2, 0.25) is 5.02 Å². The number of halogens is 2. The Kier molecular flexibility index (Phi) is 6.29. The van der Waals surface area contributed by atoms with Gasteiger partial charge in [0.05, 0.1) is 16.7 Å². The van der Waals surface area contributed by atoms with Gasteiger partial charge in [-0.3, -0.25) is 18.6 Å². The third-order valence-electron chi connectivity index (χ3n) is 5.00. The first-order valence-corrected chi connectivity index (χ1v) is 11.1. The van der Waals surface area contributed by atoms with E-state index in [1.165, 1.54) is 33.4 Å². The van der Waals surface area contributed by atoms with Gasteiger partial charge in [0.15, 0.2) is 5.16 Å². The number of aromatic nitrogens is 4. The highest BCUT2D eigenvalue weighted by Gasteiger charge is 2.19. The summed E-state index contributed by atoms with van der Waals surface area (Å²) in [6.07, 6.45) is 1.62. The minimum Gasteiger partial charge on any atom is -0.341 e. The third-order valence-corrected chi connectivity index (χ3v) is 6.27. The van der Waals surface area contributed by atoms with E-state index in [9.17, 15) is 14.0 Å². The zero-order valence-corrected chi connectivity index (χ0v) is 18.7. The summed E-state index contributed by atoms with van der Waals surface area (Å²) in [4.78, 5) is 27.0. The highest BCUT2D eigenvalue weighted by molar-refractivity contribution is 7.99. The summed E-state index contributed by atoms with van der Waals surface area (Å²) in [5.41, 5.74) is 0.733. The largest absolute Gasteiger partial charge is 0.341 e. The number of thioether (sulfide) groups is 1. The smallest absolute Gasteiger partial charge is 0.263 e. The van der Waals surface area contributed by atoms with Crippen LogP contribution in [-0.4, -0.2) is 42.8 Å². The molecule has 0 aliphatic carbocycles. The highest BCUT2D eigenvalue weighted by atomic mass is 35.5. The molecule has 32 heavy (non-hydrogen) atoms. The van der Waals surface area contributed by atoms with Crippen LogP contribution in [0.3, 0.4) is 0 Å². The summed E-state index contributed by atoms with van der Waals surface area (Å²) < 4.78 is 17.3. The van der Waals surface area contributed by atoms with Crippen molar-refractivity contribution in [1.29, 1.82) is 0 Å². The molecule has 0 N–H and O–H groups in total. The molecule has 2 aromatic heterocycles. The number of carbonyl (C=O) groups excluding carboxylic acids is 1. The van der Waals surface area contributed by atoms with Crippen LogP contribution in [0.1, 0.15) is 5.56 Å². The second-order valence-electron chi connectivity index (χ2n) is 7.08. The van der Waals surface area contributed by atoms with Crippen molar-refractivity contribution in [2.45, 2.75) is 18.2 Å². The molecule has 0 atom stereocenters. The molecule has 0 aliphatic heterocycles. The van der Waals surface area contributed by atoms with Gasteiger partial charge in [0, 0.05) is 30.7 Å². The maximum Gasteiger partial charge on any atom is 0.263 e. The van der Waals surface area contributed by atoms with E-state index in [2.05, 4.69) is 16.8 Å². The van der Waals surface area contributed by atoms with E-state index in [0.29, 0.717) is 21.8 Å². The molecule has 0 unspecified atom stereocenters. The number of nitrogens with zero attached hydrogens (tertiary/aromatic N) is 5. The van der Waals surface area contributed by atoms with Crippen molar-refractivity contribution >= 4 is 46.0 Å². The maximum absolute atomic E-state index is 14.1. The summed E-state index contributed by atoms with van der Waals surface area (Å²) in [5.74, 6) is -0.261. The Labute approximate surface area is 192 Å². The van der Waals surface area contributed by atoms with E-state index < -0.39 is 5.82 Å². The number of para-hydroxylation sites is 1. The number of carbonyl (C=O) groups is 1. The quantitative estimate of drug-likeness (QED) is 0.303. The number of fused-ring (bicyclic) bond motifs is 3. The van der Waals surface area contributed by atoms with Gasteiger partial charge in [-0.05, 0) is 24.3 Å². The van der Waals surface area contributed by atoms with E-state index in [0.717, 1.165) is 0 Å². The molecule has 0 aliphatic rings. The molecular formula is C22H19ClFN5O2S. The van der Waals surface area contributed by atoms with Gasteiger partial charge in [0.1, 0.15) is 5.82 Å². The second kappa shape index (κ2) is 9.13.